The van der Waals surface area contributed by atoms with Crippen LogP contribution in [0.15, 0.2) is 6.33 Å². The fourth-order valence-electron chi connectivity index (χ4n) is 2.88. The summed E-state index contributed by atoms with van der Waals surface area (Å²) in [5.41, 5.74) is 5.89. The number of phosphoric acid groups is 3. The molecule has 2 aromatic rings. The number of nitrogens with zero attached hydrogens (tertiary/aromatic N) is 4. The summed E-state index contributed by atoms with van der Waals surface area (Å²) in [5.74, 6) is -0.138. The van der Waals surface area contributed by atoms with E-state index in [4.69, 9.17) is 29.5 Å². The number of methoxy groups -OCH3 is 1. The minimum Gasteiger partial charge on any atom is -0.479 e. The van der Waals surface area contributed by atoms with Crippen molar-refractivity contribution < 1.29 is 65.7 Å². The van der Waals surface area contributed by atoms with Gasteiger partial charge in [-0.3, -0.25) is 13.6 Å². The maximum atomic E-state index is 12.4. The summed E-state index contributed by atoms with van der Waals surface area (Å²) >= 11 is 0. The van der Waals surface area contributed by atoms with Crippen molar-refractivity contribution in [3.63, 3.8) is 0 Å². The zero-order valence-electron chi connectivity index (χ0n) is 17.2. The molecule has 1 fully saturated rings. The molecule has 2 aromatic heterocycles. The summed E-state index contributed by atoms with van der Waals surface area (Å²) in [6, 6.07) is 0. The fourth-order valence-corrected chi connectivity index (χ4v) is 6.25. The molecular formula is C12H20N5O14P3. The highest BCUT2D eigenvalue weighted by atomic mass is 31.3. The summed E-state index contributed by atoms with van der Waals surface area (Å²) in [7, 11) is -14.0. The van der Waals surface area contributed by atoms with Crippen molar-refractivity contribution in [1.29, 1.82) is 0 Å². The predicted octanol–water partition coefficient (Wildman–Crippen LogP) is -0.966. The normalized spacial score (nSPS) is 26.9. The smallest absolute Gasteiger partial charge is 0.479 e. The molecule has 6 atom stereocenters. The van der Waals surface area contributed by atoms with E-state index < -0.39 is 54.6 Å². The van der Waals surface area contributed by atoms with Gasteiger partial charge in [0.25, 0.3) is 0 Å². The van der Waals surface area contributed by atoms with Crippen LogP contribution in [0, 0.1) is 0 Å². The lowest BCUT2D eigenvalue weighted by Gasteiger charge is -2.21. The third-order valence-corrected chi connectivity index (χ3v) is 8.46. The van der Waals surface area contributed by atoms with Gasteiger partial charge in [0.05, 0.1) is 20.0 Å². The molecular weight excluding hydrogens is 531 g/mol. The lowest BCUT2D eigenvalue weighted by atomic mass is 10.1. The van der Waals surface area contributed by atoms with E-state index in [-0.39, 0.29) is 23.0 Å². The van der Waals surface area contributed by atoms with E-state index in [0.717, 1.165) is 7.11 Å². The van der Waals surface area contributed by atoms with Crippen LogP contribution in [-0.2, 0) is 36.1 Å². The fraction of sp³-hybridized carbons (Fsp3) is 0.583. The standard InChI is InChI=1S/C12H20N5O14P3/c1-26-10-6-9(15-12(13)16-10)17(4-14-6)11-8(19)7(18)5(29-11)3-28-34(25,27-2)31-33(23,24)30-32(20,21)22/h4-5,7-8,11,18-19H,3H2,1-2H3,(H,23,24)(H2,13,15,16)(H2,20,21,22). The number of ether oxygens (including phenoxy) is 2. The first-order valence-corrected chi connectivity index (χ1v) is 13.3. The Labute approximate surface area is 189 Å². The van der Waals surface area contributed by atoms with Crippen LogP contribution < -0.4 is 10.5 Å². The van der Waals surface area contributed by atoms with Gasteiger partial charge in [-0.05, 0) is 0 Å². The van der Waals surface area contributed by atoms with Crippen LogP contribution in [0.5, 0.6) is 5.88 Å². The van der Waals surface area contributed by atoms with Crippen LogP contribution in [-0.4, -0.2) is 83.6 Å². The number of aliphatic hydroxyl groups is 2. The molecule has 0 aromatic carbocycles. The molecule has 34 heavy (non-hydrogen) atoms. The van der Waals surface area contributed by atoms with Gasteiger partial charge in [0.1, 0.15) is 18.3 Å². The van der Waals surface area contributed by atoms with Crippen LogP contribution in [0.25, 0.3) is 11.2 Å². The van der Waals surface area contributed by atoms with Gasteiger partial charge in [0.2, 0.25) is 11.8 Å². The molecule has 1 aliphatic rings. The lowest BCUT2D eigenvalue weighted by Crippen LogP contribution is -2.33. The van der Waals surface area contributed by atoms with E-state index in [1.807, 2.05) is 0 Å². The van der Waals surface area contributed by atoms with Crippen LogP contribution in [0.1, 0.15) is 6.23 Å². The number of fused-ring (bicyclic) bond motifs is 1. The summed E-state index contributed by atoms with van der Waals surface area (Å²) in [5, 5.41) is 20.8. The summed E-state index contributed by atoms with van der Waals surface area (Å²) in [6.45, 7) is -0.844. The number of rotatable bonds is 10. The number of anilines is 1. The molecule has 0 radical (unpaired) electrons. The van der Waals surface area contributed by atoms with Gasteiger partial charge in [0, 0.05) is 7.11 Å². The van der Waals surface area contributed by atoms with Gasteiger partial charge >= 0.3 is 23.5 Å². The largest absolute Gasteiger partial charge is 0.490 e. The van der Waals surface area contributed by atoms with Gasteiger partial charge in [-0.1, -0.05) is 0 Å². The number of hydrogen-bond acceptors (Lipinski definition) is 15. The molecule has 3 rings (SSSR count). The van der Waals surface area contributed by atoms with Gasteiger partial charge in [-0.2, -0.15) is 18.6 Å². The minimum atomic E-state index is -5.61. The minimum absolute atomic E-state index is 0.0401. The van der Waals surface area contributed by atoms with Crippen LogP contribution in [0.2, 0.25) is 0 Å². The molecule has 192 valence electrons. The molecule has 0 amide bonds. The number of aromatic nitrogens is 4. The number of imidazole rings is 1. The van der Waals surface area contributed by atoms with Crippen molar-refractivity contribution in [2.75, 3.05) is 26.6 Å². The highest BCUT2D eigenvalue weighted by Crippen LogP contribution is 2.68. The second-order valence-electron chi connectivity index (χ2n) is 6.51. The zero-order chi connectivity index (χ0) is 25.5. The third-order valence-electron chi connectivity index (χ3n) is 4.24. The first-order chi connectivity index (χ1) is 15.7. The third kappa shape index (κ3) is 5.98. The molecule has 0 bridgehead atoms. The van der Waals surface area contributed by atoms with Crippen molar-refractivity contribution >= 4 is 40.6 Å². The van der Waals surface area contributed by atoms with E-state index in [9.17, 15) is 28.8 Å². The van der Waals surface area contributed by atoms with Crippen LogP contribution >= 0.6 is 23.5 Å². The first-order valence-electron chi connectivity index (χ1n) is 8.85. The lowest BCUT2D eigenvalue weighted by molar-refractivity contribution is -0.0508. The highest BCUT2D eigenvalue weighted by molar-refractivity contribution is 7.66. The topological polar surface area (TPSA) is 277 Å². The average molecular weight is 551 g/mol. The number of phosphoric ester groups is 1. The van der Waals surface area contributed by atoms with Crippen LogP contribution in [0.3, 0.4) is 0 Å². The Bertz CT molecular complexity index is 1190. The summed E-state index contributed by atoms with van der Waals surface area (Å²) in [4.78, 5) is 38.5. The Balaban J connectivity index is 1.76. The van der Waals surface area contributed by atoms with Gasteiger partial charge in [-0.15, -0.1) is 0 Å². The zero-order valence-corrected chi connectivity index (χ0v) is 19.9. The Morgan fingerprint density at radius 1 is 1.12 bits per heavy atom. The number of aliphatic hydroxyl groups excluding tert-OH is 2. The van der Waals surface area contributed by atoms with Crippen molar-refractivity contribution in [3.05, 3.63) is 6.33 Å². The predicted molar refractivity (Wildman–Crippen MR) is 107 cm³/mol. The van der Waals surface area contributed by atoms with E-state index >= 15 is 0 Å². The first kappa shape index (κ1) is 27.0. The Morgan fingerprint density at radius 3 is 2.38 bits per heavy atom. The second-order valence-corrected chi connectivity index (χ2v) is 11.3. The molecule has 7 N–H and O–H groups in total. The summed E-state index contributed by atoms with van der Waals surface area (Å²) in [6.07, 6.45) is -4.77. The molecule has 0 saturated carbocycles. The average Bonchev–Trinajstić information content (AvgIpc) is 3.25. The Morgan fingerprint density at radius 2 is 1.79 bits per heavy atom. The van der Waals surface area contributed by atoms with Crippen LogP contribution in [0.4, 0.5) is 5.95 Å². The number of nitrogen functional groups attached to an aromatic ring is 1. The molecule has 0 spiro atoms. The summed E-state index contributed by atoms with van der Waals surface area (Å²) < 4.78 is 63.5. The second kappa shape index (κ2) is 9.83. The van der Waals surface area contributed by atoms with Crippen molar-refractivity contribution in [3.8, 4) is 5.88 Å². The molecule has 6 unspecified atom stereocenters. The molecule has 3 heterocycles. The van der Waals surface area contributed by atoms with E-state index in [2.05, 4.69) is 28.1 Å². The maximum Gasteiger partial charge on any atom is 0.490 e. The highest BCUT2D eigenvalue weighted by Gasteiger charge is 2.47. The monoisotopic (exact) mass is 551 g/mol. The SMILES string of the molecule is COc1nc(N)nc2c1ncn2C1OC(COP(=O)(OC)OP(=O)(O)OP(=O)(O)O)C(O)C1O. The molecule has 0 aliphatic carbocycles. The Kier molecular flexibility index (Phi) is 7.82. The molecule has 22 heteroatoms. The van der Waals surface area contributed by atoms with Gasteiger partial charge in [0.15, 0.2) is 17.4 Å². The molecule has 1 aliphatic heterocycles. The molecule has 19 nitrogen and oxygen atoms in total. The van der Waals surface area contributed by atoms with E-state index in [0.29, 0.717) is 0 Å². The van der Waals surface area contributed by atoms with Crippen molar-refractivity contribution in [2.45, 2.75) is 24.5 Å². The van der Waals surface area contributed by atoms with Crippen molar-refractivity contribution in [1.82, 2.24) is 19.5 Å². The number of nitrogens with two attached hydrogens (primary N) is 1. The quantitative estimate of drug-likeness (QED) is 0.194. The van der Waals surface area contributed by atoms with Crippen molar-refractivity contribution in [2.24, 2.45) is 0 Å². The molecule has 1 saturated heterocycles. The maximum absolute atomic E-state index is 12.4. The van der Waals surface area contributed by atoms with Gasteiger partial charge < -0.3 is 40.1 Å². The van der Waals surface area contributed by atoms with Gasteiger partial charge in [-0.25, -0.2) is 18.7 Å². The van der Waals surface area contributed by atoms with E-state index in [1.165, 1.54) is 18.0 Å². The number of hydrogen-bond donors (Lipinski definition) is 6. The Hall–Kier alpha value is -1.56. The van der Waals surface area contributed by atoms with E-state index in [1.54, 1.807) is 0 Å².